The summed E-state index contributed by atoms with van der Waals surface area (Å²) in [5, 5.41) is 9.20. The van der Waals surface area contributed by atoms with Gasteiger partial charge in [-0.1, -0.05) is 29.5 Å². The van der Waals surface area contributed by atoms with E-state index >= 15 is 0 Å². The van der Waals surface area contributed by atoms with Gasteiger partial charge < -0.3 is 9.64 Å². The van der Waals surface area contributed by atoms with E-state index in [2.05, 4.69) is 25.5 Å². The number of anilines is 1. The molecule has 1 N–H and O–H groups in total. The fourth-order valence-corrected chi connectivity index (χ4v) is 3.83. The third-order valence-electron chi connectivity index (χ3n) is 4.28. The number of ether oxygens (including phenoxy) is 1. The normalized spacial score (nSPS) is 14.5. The Morgan fingerprint density at radius 1 is 1.29 bits per heavy atom. The molecule has 1 aliphatic heterocycles. The van der Waals surface area contributed by atoms with E-state index in [9.17, 15) is 4.79 Å². The number of benzene rings is 1. The third-order valence-corrected chi connectivity index (χ3v) is 5.49. The minimum atomic E-state index is -0.263. The zero-order valence-electron chi connectivity index (χ0n) is 15.4. The maximum Gasteiger partial charge on any atom is 0.283 e. The van der Waals surface area contributed by atoms with Crippen LogP contribution < -0.4 is 10.3 Å². The molecule has 0 radical (unpaired) electrons. The molecule has 1 aromatic carbocycles. The summed E-state index contributed by atoms with van der Waals surface area (Å²) < 4.78 is 7.12. The molecule has 1 saturated heterocycles. The number of rotatable bonds is 5. The predicted molar refractivity (Wildman–Crippen MR) is 109 cm³/mol. The molecule has 0 spiro atoms. The van der Waals surface area contributed by atoms with Gasteiger partial charge in [0, 0.05) is 24.8 Å². The van der Waals surface area contributed by atoms with E-state index in [1.165, 1.54) is 11.3 Å². The standard InChI is InChI=1S/C19H20N6O2S/c1-14-17(28-19(22-14)24-7-9-27-10-8-24)18(26)23-20-11-15-12-21-25(13-15)16-5-3-2-4-6-16/h2-6,11-13H,7-10H2,1H3,(H,23,26)/b20-11-. The Kier molecular flexibility index (Phi) is 5.45. The average molecular weight is 396 g/mol. The summed E-state index contributed by atoms with van der Waals surface area (Å²) in [5.74, 6) is -0.263. The van der Waals surface area contributed by atoms with Crippen molar-refractivity contribution in [3.63, 3.8) is 0 Å². The van der Waals surface area contributed by atoms with Crippen LogP contribution >= 0.6 is 11.3 Å². The number of hydrogen-bond donors (Lipinski definition) is 1. The van der Waals surface area contributed by atoms with Crippen LogP contribution in [0.3, 0.4) is 0 Å². The van der Waals surface area contributed by atoms with E-state index < -0.39 is 0 Å². The van der Waals surface area contributed by atoms with Crippen LogP contribution in [0.25, 0.3) is 5.69 Å². The number of hydrogen-bond acceptors (Lipinski definition) is 7. The Balaban J connectivity index is 1.39. The van der Waals surface area contributed by atoms with Crippen molar-refractivity contribution in [2.45, 2.75) is 6.92 Å². The number of nitrogens with one attached hydrogen (secondary N) is 1. The molecule has 1 amide bonds. The SMILES string of the molecule is Cc1nc(N2CCOCC2)sc1C(=O)N/N=C\c1cnn(-c2ccccc2)c1. The molecular formula is C19H20N6O2S. The molecule has 0 bridgehead atoms. The molecular weight excluding hydrogens is 376 g/mol. The highest BCUT2D eigenvalue weighted by Crippen LogP contribution is 2.26. The molecule has 9 heteroatoms. The first-order valence-electron chi connectivity index (χ1n) is 8.94. The van der Waals surface area contributed by atoms with Gasteiger partial charge in [0.2, 0.25) is 0 Å². The number of aryl methyl sites for hydroxylation is 1. The van der Waals surface area contributed by atoms with Gasteiger partial charge in [-0.05, 0) is 19.1 Å². The summed E-state index contributed by atoms with van der Waals surface area (Å²) in [6, 6.07) is 9.79. The Hall–Kier alpha value is -3.04. The first-order chi connectivity index (χ1) is 13.7. The highest BCUT2D eigenvalue weighted by Gasteiger charge is 2.20. The van der Waals surface area contributed by atoms with E-state index in [0.29, 0.717) is 23.8 Å². The second-order valence-corrected chi connectivity index (χ2v) is 7.24. The van der Waals surface area contributed by atoms with Gasteiger partial charge in [0.25, 0.3) is 5.91 Å². The Bertz CT molecular complexity index is 975. The second-order valence-electron chi connectivity index (χ2n) is 6.26. The summed E-state index contributed by atoms with van der Waals surface area (Å²) in [7, 11) is 0. The zero-order chi connectivity index (χ0) is 19.3. The van der Waals surface area contributed by atoms with E-state index in [-0.39, 0.29) is 5.91 Å². The minimum absolute atomic E-state index is 0.263. The van der Waals surface area contributed by atoms with Crippen molar-refractivity contribution in [3.8, 4) is 5.69 Å². The molecule has 4 rings (SSSR count). The Morgan fingerprint density at radius 2 is 2.07 bits per heavy atom. The van der Waals surface area contributed by atoms with E-state index in [1.807, 2.05) is 43.5 Å². The minimum Gasteiger partial charge on any atom is -0.378 e. The van der Waals surface area contributed by atoms with Crippen LogP contribution in [0.4, 0.5) is 5.13 Å². The van der Waals surface area contributed by atoms with Gasteiger partial charge in [-0.2, -0.15) is 10.2 Å². The van der Waals surface area contributed by atoms with Crippen LogP contribution in [0.5, 0.6) is 0 Å². The first kappa shape index (κ1) is 18.3. The highest BCUT2D eigenvalue weighted by atomic mass is 32.1. The van der Waals surface area contributed by atoms with Gasteiger partial charge in [0.1, 0.15) is 4.88 Å². The smallest absolute Gasteiger partial charge is 0.283 e. The van der Waals surface area contributed by atoms with Crippen molar-refractivity contribution in [1.82, 2.24) is 20.2 Å². The van der Waals surface area contributed by atoms with Gasteiger partial charge in [-0.3, -0.25) is 4.79 Å². The average Bonchev–Trinajstić information content (AvgIpc) is 3.36. The summed E-state index contributed by atoms with van der Waals surface area (Å²) in [4.78, 5) is 19.7. The lowest BCUT2D eigenvalue weighted by Crippen LogP contribution is -2.36. The zero-order valence-corrected chi connectivity index (χ0v) is 16.2. The molecule has 0 saturated carbocycles. The number of carbonyl (C=O) groups is 1. The van der Waals surface area contributed by atoms with E-state index in [0.717, 1.165) is 29.5 Å². The molecule has 0 atom stereocenters. The van der Waals surface area contributed by atoms with Gasteiger partial charge in [0.15, 0.2) is 5.13 Å². The van der Waals surface area contributed by atoms with E-state index in [1.54, 1.807) is 17.1 Å². The lowest BCUT2D eigenvalue weighted by Gasteiger charge is -2.25. The number of carbonyl (C=O) groups excluding carboxylic acids is 1. The van der Waals surface area contributed by atoms with E-state index in [4.69, 9.17) is 4.74 Å². The summed E-state index contributed by atoms with van der Waals surface area (Å²) in [6.07, 6.45) is 5.11. The van der Waals surface area contributed by atoms with Gasteiger partial charge in [-0.25, -0.2) is 15.1 Å². The molecule has 3 heterocycles. The molecule has 0 unspecified atom stereocenters. The van der Waals surface area contributed by atoms with Crippen molar-refractivity contribution >= 4 is 28.6 Å². The van der Waals surface area contributed by atoms with Gasteiger partial charge >= 0.3 is 0 Å². The lowest BCUT2D eigenvalue weighted by atomic mass is 10.3. The molecule has 1 aliphatic rings. The fraction of sp³-hybridized carbons (Fsp3) is 0.263. The van der Waals surface area contributed by atoms with Crippen molar-refractivity contribution in [3.05, 3.63) is 58.9 Å². The number of nitrogens with zero attached hydrogens (tertiary/aromatic N) is 5. The second kappa shape index (κ2) is 8.32. The van der Waals surface area contributed by atoms with Crippen LogP contribution in [0, 0.1) is 6.92 Å². The Morgan fingerprint density at radius 3 is 2.86 bits per heavy atom. The number of para-hydroxylation sites is 1. The largest absolute Gasteiger partial charge is 0.378 e. The molecule has 2 aromatic heterocycles. The maximum atomic E-state index is 12.5. The van der Waals surface area contributed by atoms with Crippen molar-refractivity contribution in [2.24, 2.45) is 5.10 Å². The van der Waals surface area contributed by atoms with Crippen LogP contribution in [-0.4, -0.2) is 53.2 Å². The fourth-order valence-electron chi connectivity index (χ4n) is 2.82. The lowest BCUT2D eigenvalue weighted by molar-refractivity contribution is 0.0958. The highest BCUT2D eigenvalue weighted by molar-refractivity contribution is 7.17. The summed E-state index contributed by atoms with van der Waals surface area (Å²) in [6.45, 7) is 4.78. The third kappa shape index (κ3) is 4.10. The van der Waals surface area contributed by atoms with Gasteiger partial charge in [-0.15, -0.1) is 0 Å². The van der Waals surface area contributed by atoms with Crippen LogP contribution in [0.2, 0.25) is 0 Å². The first-order valence-corrected chi connectivity index (χ1v) is 9.76. The van der Waals surface area contributed by atoms with Crippen LogP contribution in [0.1, 0.15) is 20.9 Å². The number of thiazole rings is 1. The molecule has 28 heavy (non-hydrogen) atoms. The van der Waals surface area contributed by atoms with Crippen molar-refractivity contribution in [2.75, 3.05) is 31.2 Å². The number of morpholine rings is 1. The monoisotopic (exact) mass is 396 g/mol. The Labute approximate surface area is 166 Å². The molecule has 3 aromatic rings. The molecule has 8 nitrogen and oxygen atoms in total. The van der Waals surface area contributed by atoms with Gasteiger partial charge in [0.05, 0.1) is 37.0 Å². The van der Waals surface area contributed by atoms with Crippen molar-refractivity contribution in [1.29, 1.82) is 0 Å². The molecule has 0 aliphatic carbocycles. The number of aromatic nitrogens is 3. The number of amides is 1. The topological polar surface area (TPSA) is 84.6 Å². The number of hydrazone groups is 1. The quantitative estimate of drug-likeness (QED) is 0.528. The maximum absolute atomic E-state index is 12.5. The predicted octanol–water partition coefficient (Wildman–Crippen LogP) is 2.24. The molecule has 144 valence electrons. The van der Waals surface area contributed by atoms with Crippen LogP contribution in [-0.2, 0) is 4.74 Å². The van der Waals surface area contributed by atoms with Crippen molar-refractivity contribution < 1.29 is 9.53 Å². The molecule has 1 fully saturated rings. The summed E-state index contributed by atoms with van der Waals surface area (Å²) >= 11 is 1.38. The van der Waals surface area contributed by atoms with Crippen LogP contribution in [0.15, 0.2) is 47.8 Å². The summed E-state index contributed by atoms with van der Waals surface area (Å²) in [5.41, 5.74) is 5.03.